The summed E-state index contributed by atoms with van der Waals surface area (Å²) in [4.78, 5) is 11.9. The van der Waals surface area contributed by atoms with Gasteiger partial charge in [0.1, 0.15) is 5.82 Å². The first-order valence-electron chi connectivity index (χ1n) is 4.88. The molecular formula is C10H17N3O2. The zero-order valence-electron chi connectivity index (χ0n) is 9.36. The van der Waals surface area contributed by atoms with Crippen molar-refractivity contribution >= 4 is 11.6 Å². The summed E-state index contributed by atoms with van der Waals surface area (Å²) in [5.41, 5.74) is 6.22. The molecule has 0 fully saturated rings. The van der Waals surface area contributed by atoms with Crippen molar-refractivity contribution in [1.82, 2.24) is 9.78 Å². The smallest absolute Gasteiger partial charge is 0.171 e. The molecule has 1 aromatic heterocycles. The number of nitrogens with two attached hydrogens (primary N) is 1. The summed E-state index contributed by atoms with van der Waals surface area (Å²) in [5, 5.41) is 3.94. The largest absolute Gasteiger partial charge is 0.385 e. The maximum Gasteiger partial charge on any atom is 0.171 e. The van der Waals surface area contributed by atoms with Gasteiger partial charge >= 0.3 is 0 Å². The highest BCUT2D eigenvalue weighted by Crippen LogP contribution is 2.17. The van der Waals surface area contributed by atoms with Crippen LogP contribution in [0.1, 0.15) is 23.7 Å². The van der Waals surface area contributed by atoms with E-state index < -0.39 is 0 Å². The number of aromatic nitrogens is 2. The number of aryl methyl sites for hydroxylation is 1. The highest BCUT2D eigenvalue weighted by molar-refractivity contribution is 6.01. The fourth-order valence-electron chi connectivity index (χ4n) is 1.33. The molecule has 0 aromatic carbocycles. The van der Waals surface area contributed by atoms with E-state index >= 15 is 0 Å². The van der Waals surface area contributed by atoms with Gasteiger partial charge in [-0.1, -0.05) is 6.92 Å². The molecular weight excluding hydrogens is 194 g/mol. The maximum atomic E-state index is 11.9. The summed E-state index contributed by atoms with van der Waals surface area (Å²) >= 11 is 0. The second-order valence-corrected chi connectivity index (χ2v) is 3.61. The van der Waals surface area contributed by atoms with Gasteiger partial charge in [0.2, 0.25) is 0 Å². The van der Waals surface area contributed by atoms with Gasteiger partial charge in [0.05, 0.1) is 11.8 Å². The average Bonchev–Trinajstić information content (AvgIpc) is 2.55. The van der Waals surface area contributed by atoms with Crippen molar-refractivity contribution in [2.75, 3.05) is 19.5 Å². The summed E-state index contributed by atoms with van der Waals surface area (Å²) in [6.45, 7) is 2.45. The van der Waals surface area contributed by atoms with Crippen LogP contribution in [-0.2, 0) is 11.8 Å². The minimum Gasteiger partial charge on any atom is -0.385 e. The van der Waals surface area contributed by atoms with Gasteiger partial charge in [0, 0.05) is 26.7 Å². The molecule has 5 nitrogen and oxygen atoms in total. The molecule has 1 heterocycles. The molecule has 5 heteroatoms. The molecule has 0 aliphatic rings. The lowest BCUT2D eigenvalue weighted by molar-refractivity contribution is 0.0894. The minimum atomic E-state index is -0.0866. The molecule has 0 radical (unpaired) electrons. The van der Waals surface area contributed by atoms with Crippen molar-refractivity contribution in [3.05, 3.63) is 11.8 Å². The molecule has 0 bridgehead atoms. The zero-order valence-corrected chi connectivity index (χ0v) is 9.36. The van der Waals surface area contributed by atoms with Crippen LogP contribution in [0.15, 0.2) is 6.20 Å². The average molecular weight is 211 g/mol. The first-order valence-corrected chi connectivity index (χ1v) is 4.88. The molecule has 1 rings (SSSR count). The third-order valence-electron chi connectivity index (χ3n) is 2.45. The summed E-state index contributed by atoms with van der Waals surface area (Å²) in [6.07, 6.45) is 2.21. The number of rotatable bonds is 5. The normalized spacial score (nSPS) is 12.7. The van der Waals surface area contributed by atoms with Gasteiger partial charge in [-0.15, -0.1) is 0 Å². The summed E-state index contributed by atoms with van der Waals surface area (Å²) < 4.78 is 6.43. The lowest BCUT2D eigenvalue weighted by Gasteiger charge is -2.08. The van der Waals surface area contributed by atoms with Crippen molar-refractivity contribution in [2.45, 2.75) is 13.3 Å². The van der Waals surface area contributed by atoms with Crippen LogP contribution in [-0.4, -0.2) is 29.3 Å². The molecule has 2 N–H and O–H groups in total. The van der Waals surface area contributed by atoms with Crippen molar-refractivity contribution in [3.63, 3.8) is 0 Å². The first-order chi connectivity index (χ1) is 7.07. The van der Waals surface area contributed by atoms with Gasteiger partial charge in [-0.25, -0.2) is 0 Å². The van der Waals surface area contributed by atoms with Crippen LogP contribution in [0.2, 0.25) is 0 Å². The number of hydrogen-bond donors (Lipinski definition) is 1. The zero-order chi connectivity index (χ0) is 11.4. The van der Waals surface area contributed by atoms with E-state index in [4.69, 9.17) is 10.5 Å². The first kappa shape index (κ1) is 11.7. The Labute approximate surface area is 89.2 Å². The quantitative estimate of drug-likeness (QED) is 0.733. The Morgan fingerprint density at radius 1 is 1.73 bits per heavy atom. The lowest BCUT2D eigenvalue weighted by Crippen LogP contribution is -2.14. The molecule has 1 atom stereocenters. The molecule has 84 valence electrons. The predicted molar refractivity (Wildman–Crippen MR) is 57.6 cm³/mol. The Kier molecular flexibility index (Phi) is 3.85. The van der Waals surface area contributed by atoms with Crippen LogP contribution in [0.4, 0.5) is 5.82 Å². The third-order valence-corrected chi connectivity index (χ3v) is 2.45. The fourth-order valence-corrected chi connectivity index (χ4v) is 1.33. The molecule has 0 saturated carbocycles. The monoisotopic (exact) mass is 211 g/mol. The number of hydrogen-bond acceptors (Lipinski definition) is 4. The van der Waals surface area contributed by atoms with Gasteiger partial charge in [-0.2, -0.15) is 5.10 Å². The van der Waals surface area contributed by atoms with E-state index in [0.29, 0.717) is 24.4 Å². The summed E-state index contributed by atoms with van der Waals surface area (Å²) in [7, 11) is 3.33. The van der Waals surface area contributed by atoms with E-state index in [0.717, 1.165) is 0 Å². The Balaban J connectivity index is 2.72. The van der Waals surface area contributed by atoms with Gasteiger partial charge < -0.3 is 10.5 Å². The van der Waals surface area contributed by atoms with E-state index in [2.05, 4.69) is 5.10 Å². The van der Waals surface area contributed by atoms with Crippen LogP contribution < -0.4 is 5.73 Å². The minimum absolute atomic E-state index is 0.0256. The van der Waals surface area contributed by atoms with E-state index in [1.807, 2.05) is 6.92 Å². The van der Waals surface area contributed by atoms with Gasteiger partial charge in [-0.3, -0.25) is 9.48 Å². The van der Waals surface area contributed by atoms with Crippen molar-refractivity contribution in [3.8, 4) is 0 Å². The molecule has 0 saturated heterocycles. The third kappa shape index (κ3) is 2.56. The number of carbonyl (C=O) groups excluding carboxylic acids is 1. The number of ketones is 1. The van der Waals surface area contributed by atoms with Crippen LogP contribution in [0.3, 0.4) is 0 Å². The number of methoxy groups -OCH3 is 1. The predicted octanol–water partition coefficient (Wildman–Crippen LogP) is 0.858. The van der Waals surface area contributed by atoms with Crippen LogP contribution in [0.25, 0.3) is 0 Å². The number of nitrogen functional groups attached to an aromatic ring is 1. The van der Waals surface area contributed by atoms with E-state index in [1.54, 1.807) is 14.2 Å². The highest BCUT2D eigenvalue weighted by Gasteiger charge is 2.19. The van der Waals surface area contributed by atoms with Crippen molar-refractivity contribution < 1.29 is 9.53 Å². The molecule has 0 amide bonds. The second kappa shape index (κ2) is 4.93. The van der Waals surface area contributed by atoms with Gasteiger partial charge in [0.25, 0.3) is 0 Å². The molecule has 1 unspecified atom stereocenters. The number of ether oxygens (including phenoxy) is 1. The van der Waals surface area contributed by atoms with Crippen LogP contribution in [0, 0.1) is 5.92 Å². The topological polar surface area (TPSA) is 70.1 Å². The van der Waals surface area contributed by atoms with Gasteiger partial charge in [-0.05, 0) is 6.42 Å². The Bertz CT molecular complexity index is 346. The Morgan fingerprint density at radius 3 is 2.87 bits per heavy atom. The maximum absolute atomic E-state index is 11.9. The highest BCUT2D eigenvalue weighted by atomic mass is 16.5. The number of carbonyl (C=O) groups is 1. The molecule has 0 spiro atoms. The summed E-state index contributed by atoms with van der Waals surface area (Å²) in [5.74, 6) is 0.360. The molecule has 15 heavy (non-hydrogen) atoms. The van der Waals surface area contributed by atoms with Gasteiger partial charge in [0.15, 0.2) is 5.78 Å². The molecule has 0 aliphatic heterocycles. The summed E-state index contributed by atoms with van der Waals surface area (Å²) in [6, 6.07) is 0. The Morgan fingerprint density at radius 2 is 2.40 bits per heavy atom. The van der Waals surface area contributed by atoms with Crippen LogP contribution in [0.5, 0.6) is 0 Å². The van der Waals surface area contributed by atoms with Crippen molar-refractivity contribution in [1.29, 1.82) is 0 Å². The van der Waals surface area contributed by atoms with E-state index in [9.17, 15) is 4.79 Å². The standard InChI is InChI=1S/C10H17N3O2/c1-7(4-5-15-3)9(14)8-6-12-13(2)10(8)11/h6-7H,4-5,11H2,1-3H3. The lowest BCUT2D eigenvalue weighted by atomic mass is 9.98. The molecule has 0 aliphatic carbocycles. The SMILES string of the molecule is COCCC(C)C(=O)c1cnn(C)c1N. The van der Waals surface area contributed by atoms with E-state index in [-0.39, 0.29) is 11.7 Å². The Hall–Kier alpha value is -1.36. The van der Waals surface area contributed by atoms with Crippen LogP contribution >= 0.6 is 0 Å². The molecule has 1 aromatic rings. The van der Waals surface area contributed by atoms with E-state index in [1.165, 1.54) is 10.9 Å². The number of Topliss-reactive ketones (excluding diaryl/α,β-unsaturated/α-hetero) is 1. The fraction of sp³-hybridized carbons (Fsp3) is 0.600. The number of anilines is 1. The van der Waals surface area contributed by atoms with Crippen molar-refractivity contribution in [2.24, 2.45) is 13.0 Å². The second-order valence-electron chi connectivity index (χ2n) is 3.61. The number of nitrogens with zero attached hydrogens (tertiary/aromatic N) is 2.